The Morgan fingerprint density at radius 2 is 1.45 bits per heavy atom. The van der Waals surface area contributed by atoms with Crippen LogP contribution in [0.1, 0.15) is 48.6 Å². The van der Waals surface area contributed by atoms with Gasteiger partial charge in [-0.15, -0.1) is 0 Å². The van der Waals surface area contributed by atoms with Crippen molar-refractivity contribution in [3.63, 3.8) is 0 Å². The molecular weight excluding hydrogens is 380 g/mol. The number of hydrogen-bond acceptors (Lipinski definition) is 4. The minimum atomic E-state index is 0.116. The Kier molecular flexibility index (Phi) is 5.40. The summed E-state index contributed by atoms with van der Waals surface area (Å²) in [7, 11) is 4.09. The molecule has 4 heteroatoms. The molecule has 0 fully saturated rings. The molecule has 4 rings (SSSR count). The zero-order valence-corrected chi connectivity index (χ0v) is 19.2. The van der Waals surface area contributed by atoms with Crippen molar-refractivity contribution in [2.24, 2.45) is 10.1 Å². The molecular formula is C27H30N4. The topological polar surface area (TPSA) is 40.0 Å². The van der Waals surface area contributed by atoms with Crippen molar-refractivity contribution in [2.45, 2.75) is 33.1 Å². The van der Waals surface area contributed by atoms with Gasteiger partial charge in [-0.3, -0.25) is 5.43 Å². The summed E-state index contributed by atoms with van der Waals surface area (Å²) in [4.78, 5) is 7.04. The second-order valence-corrected chi connectivity index (χ2v) is 9.32. The van der Waals surface area contributed by atoms with Crippen LogP contribution in [0.5, 0.6) is 0 Å². The number of amidine groups is 1. The van der Waals surface area contributed by atoms with E-state index in [-0.39, 0.29) is 5.41 Å². The Hall–Kier alpha value is -3.40. The lowest BCUT2D eigenvalue weighted by Crippen LogP contribution is -2.20. The van der Waals surface area contributed by atoms with Crippen LogP contribution in [-0.2, 0) is 5.41 Å². The standard InChI is InChI=1S/C27H30N4/c1-18-7-16-24-23(17-18)25(19-10-14-22(15-11-19)31(5)6)29-30-26(28-24)20-8-12-21(13-9-20)27(2,3)4/h7-17H,1-6H3,(H,28,30). The van der Waals surface area contributed by atoms with Gasteiger partial charge in [0.2, 0.25) is 0 Å². The minimum absolute atomic E-state index is 0.116. The first-order valence-corrected chi connectivity index (χ1v) is 10.6. The van der Waals surface area contributed by atoms with Crippen molar-refractivity contribution in [1.82, 2.24) is 5.43 Å². The van der Waals surface area contributed by atoms with Crippen molar-refractivity contribution >= 4 is 22.9 Å². The molecule has 1 heterocycles. The minimum Gasteiger partial charge on any atom is -0.378 e. The van der Waals surface area contributed by atoms with Gasteiger partial charge in [-0.05, 0) is 42.2 Å². The molecule has 3 aromatic carbocycles. The summed E-state index contributed by atoms with van der Waals surface area (Å²) in [5.41, 5.74) is 11.9. The van der Waals surface area contributed by atoms with Crippen LogP contribution in [0, 0.1) is 6.92 Å². The van der Waals surface area contributed by atoms with Gasteiger partial charge in [-0.1, -0.05) is 68.8 Å². The summed E-state index contributed by atoms with van der Waals surface area (Å²) < 4.78 is 0. The van der Waals surface area contributed by atoms with Crippen LogP contribution in [-0.4, -0.2) is 25.6 Å². The Labute approximate surface area is 185 Å². The van der Waals surface area contributed by atoms with Gasteiger partial charge in [-0.25, -0.2) is 4.99 Å². The number of nitrogens with zero attached hydrogens (tertiary/aromatic N) is 3. The second-order valence-electron chi connectivity index (χ2n) is 9.32. The maximum Gasteiger partial charge on any atom is 0.154 e. The number of nitrogens with one attached hydrogen (secondary N) is 1. The van der Waals surface area contributed by atoms with Crippen molar-refractivity contribution in [3.05, 3.63) is 94.5 Å². The van der Waals surface area contributed by atoms with Gasteiger partial charge >= 0.3 is 0 Å². The predicted octanol–water partition coefficient (Wildman–Crippen LogP) is 5.79. The molecule has 0 amide bonds. The molecule has 3 aromatic rings. The first-order chi connectivity index (χ1) is 14.7. The quantitative estimate of drug-likeness (QED) is 0.593. The molecule has 0 aromatic heterocycles. The van der Waals surface area contributed by atoms with Crippen molar-refractivity contribution in [1.29, 1.82) is 0 Å². The van der Waals surface area contributed by atoms with Crippen LogP contribution < -0.4 is 10.3 Å². The monoisotopic (exact) mass is 410 g/mol. The third-order valence-corrected chi connectivity index (χ3v) is 5.59. The number of benzene rings is 3. The number of fused-ring (bicyclic) bond motifs is 1. The van der Waals surface area contributed by atoms with Crippen LogP contribution in [0.2, 0.25) is 0 Å². The van der Waals surface area contributed by atoms with Crippen molar-refractivity contribution < 1.29 is 0 Å². The van der Waals surface area contributed by atoms with Gasteiger partial charge in [0.1, 0.15) is 0 Å². The van der Waals surface area contributed by atoms with E-state index in [4.69, 9.17) is 10.1 Å². The van der Waals surface area contributed by atoms with Crippen LogP contribution in [0.3, 0.4) is 0 Å². The van der Waals surface area contributed by atoms with Crippen LogP contribution in [0.4, 0.5) is 11.4 Å². The third kappa shape index (κ3) is 4.38. The zero-order valence-electron chi connectivity index (χ0n) is 19.2. The van der Waals surface area contributed by atoms with E-state index in [1.807, 2.05) is 14.1 Å². The number of rotatable bonds is 3. The van der Waals surface area contributed by atoms with Gasteiger partial charge in [0.05, 0.1) is 11.4 Å². The molecule has 0 aliphatic carbocycles. The molecule has 0 spiro atoms. The Morgan fingerprint density at radius 3 is 2.06 bits per heavy atom. The lowest BCUT2D eigenvalue weighted by atomic mass is 9.86. The average molecular weight is 411 g/mol. The normalized spacial score (nSPS) is 13.5. The molecule has 158 valence electrons. The SMILES string of the molecule is Cc1ccc2c(c1)C(c1ccc(N(C)C)cc1)=NNC(c1ccc(C(C)(C)C)cc1)=N2. The summed E-state index contributed by atoms with van der Waals surface area (Å²) in [5, 5.41) is 4.80. The molecule has 0 bridgehead atoms. The van der Waals surface area contributed by atoms with Crippen LogP contribution >= 0.6 is 0 Å². The van der Waals surface area contributed by atoms with E-state index < -0.39 is 0 Å². The molecule has 1 aliphatic heterocycles. The molecule has 1 N–H and O–H groups in total. The van der Waals surface area contributed by atoms with Crippen LogP contribution in [0.25, 0.3) is 0 Å². The number of hydrogen-bond donors (Lipinski definition) is 1. The maximum atomic E-state index is 4.95. The molecule has 0 atom stereocenters. The number of hydrazone groups is 1. The summed E-state index contributed by atoms with van der Waals surface area (Å²) >= 11 is 0. The molecule has 4 nitrogen and oxygen atoms in total. The smallest absolute Gasteiger partial charge is 0.154 e. The highest BCUT2D eigenvalue weighted by Crippen LogP contribution is 2.28. The van der Waals surface area contributed by atoms with E-state index in [1.165, 1.54) is 11.1 Å². The summed E-state index contributed by atoms with van der Waals surface area (Å²) in [6, 6.07) is 23.4. The third-order valence-electron chi connectivity index (χ3n) is 5.59. The molecule has 31 heavy (non-hydrogen) atoms. The molecule has 0 unspecified atom stereocenters. The number of anilines is 1. The van der Waals surface area contributed by atoms with E-state index in [0.717, 1.165) is 39.6 Å². The number of aliphatic imine (C=N–C) groups is 1. The van der Waals surface area contributed by atoms with Crippen molar-refractivity contribution in [2.75, 3.05) is 19.0 Å². The predicted molar refractivity (Wildman–Crippen MR) is 132 cm³/mol. The highest BCUT2D eigenvalue weighted by Gasteiger charge is 2.19. The fourth-order valence-corrected chi connectivity index (χ4v) is 3.65. The summed E-state index contributed by atoms with van der Waals surface area (Å²) in [5.74, 6) is 0.755. The van der Waals surface area contributed by atoms with Gasteiger partial charge in [0.15, 0.2) is 5.84 Å². The largest absolute Gasteiger partial charge is 0.378 e. The van der Waals surface area contributed by atoms with E-state index >= 15 is 0 Å². The second kappa shape index (κ2) is 8.03. The Bertz CT molecular complexity index is 1150. The lowest BCUT2D eigenvalue weighted by molar-refractivity contribution is 0.590. The van der Waals surface area contributed by atoms with Gasteiger partial charge in [-0.2, -0.15) is 5.10 Å². The fraction of sp³-hybridized carbons (Fsp3) is 0.259. The first kappa shape index (κ1) is 20.9. The zero-order chi connectivity index (χ0) is 22.2. The fourth-order valence-electron chi connectivity index (χ4n) is 3.65. The van der Waals surface area contributed by atoms with Gasteiger partial charge in [0, 0.05) is 36.5 Å². The molecule has 0 saturated carbocycles. The molecule has 1 aliphatic rings. The highest BCUT2D eigenvalue weighted by molar-refractivity contribution is 6.18. The lowest BCUT2D eigenvalue weighted by Gasteiger charge is -2.19. The first-order valence-electron chi connectivity index (χ1n) is 10.6. The summed E-state index contributed by atoms with van der Waals surface area (Å²) in [6.45, 7) is 8.77. The van der Waals surface area contributed by atoms with Crippen molar-refractivity contribution in [3.8, 4) is 0 Å². The molecule has 0 radical (unpaired) electrons. The Morgan fingerprint density at radius 1 is 0.806 bits per heavy atom. The van der Waals surface area contributed by atoms with E-state index in [1.54, 1.807) is 0 Å². The number of aryl methyl sites for hydroxylation is 1. The summed E-state index contributed by atoms with van der Waals surface area (Å²) in [6.07, 6.45) is 0. The van der Waals surface area contributed by atoms with E-state index in [9.17, 15) is 0 Å². The molecule has 0 saturated heterocycles. The average Bonchev–Trinajstić information content (AvgIpc) is 2.93. The van der Waals surface area contributed by atoms with E-state index in [2.05, 4.69) is 105 Å². The Balaban J connectivity index is 1.77. The highest BCUT2D eigenvalue weighted by atomic mass is 15.3. The van der Waals surface area contributed by atoms with Gasteiger partial charge in [0.25, 0.3) is 0 Å². The van der Waals surface area contributed by atoms with E-state index in [0.29, 0.717) is 0 Å². The maximum absolute atomic E-state index is 4.95. The van der Waals surface area contributed by atoms with Gasteiger partial charge < -0.3 is 4.90 Å². The van der Waals surface area contributed by atoms with Crippen LogP contribution in [0.15, 0.2) is 76.8 Å².